The molecular formula is C20H19FN4O2S. The number of carbonyl (C=O) groups is 2. The van der Waals surface area contributed by atoms with Crippen molar-refractivity contribution in [2.45, 2.75) is 12.8 Å². The summed E-state index contributed by atoms with van der Waals surface area (Å²) in [5.74, 6) is -0.990. The van der Waals surface area contributed by atoms with Crippen LogP contribution in [-0.2, 0) is 4.79 Å². The average Bonchev–Trinajstić information content (AvgIpc) is 3.40. The van der Waals surface area contributed by atoms with Gasteiger partial charge in [0.15, 0.2) is 5.13 Å². The molecule has 2 aromatic heterocycles. The highest BCUT2D eigenvalue weighted by atomic mass is 32.1. The minimum Gasteiger partial charge on any atom is -0.360 e. The van der Waals surface area contributed by atoms with Crippen molar-refractivity contribution in [3.63, 3.8) is 0 Å². The topological polar surface area (TPSA) is 78.1 Å². The predicted octanol–water partition coefficient (Wildman–Crippen LogP) is 3.77. The normalized spacial score (nSPS) is 16.8. The lowest BCUT2D eigenvalue weighted by Gasteiger charge is -2.32. The highest BCUT2D eigenvalue weighted by Gasteiger charge is 2.29. The minimum absolute atomic E-state index is 0.135. The molecule has 1 saturated heterocycles. The Bertz CT molecular complexity index is 969. The number of anilines is 1. The number of nitrogens with one attached hydrogen (secondary N) is 2. The van der Waals surface area contributed by atoms with Crippen LogP contribution in [0.15, 0.2) is 48.0 Å². The Hall–Kier alpha value is -3.00. The molecule has 8 heteroatoms. The fourth-order valence-electron chi connectivity index (χ4n) is 3.30. The zero-order valence-corrected chi connectivity index (χ0v) is 15.8. The van der Waals surface area contributed by atoms with Crippen molar-refractivity contribution in [2.24, 2.45) is 5.92 Å². The molecule has 0 saturated carbocycles. The summed E-state index contributed by atoms with van der Waals surface area (Å²) >= 11 is 1.37. The van der Waals surface area contributed by atoms with Crippen LogP contribution in [-0.4, -0.2) is 39.8 Å². The van der Waals surface area contributed by atoms with Crippen LogP contribution in [0.4, 0.5) is 9.52 Å². The van der Waals surface area contributed by atoms with E-state index in [0.717, 1.165) is 17.8 Å². The largest absolute Gasteiger partial charge is 0.360 e. The standard InChI is InChI=1S/C20H19FN4O2S/c21-15-7-5-13(6-8-15)19(27)25-10-2-3-14(11-25)18(26)24-20-23-17(12-28-20)16-4-1-9-22-16/h1,4-9,12,14,22H,2-3,10-11H2,(H,23,24,26). The summed E-state index contributed by atoms with van der Waals surface area (Å²) in [6.45, 7) is 0.936. The monoisotopic (exact) mass is 398 g/mol. The van der Waals surface area contributed by atoms with E-state index < -0.39 is 0 Å². The van der Waals surface area contributed by atoms with Crippen molar-refractivity contribution >= 4 is 28.3 Å². The van der Waals surface area contributed by atoms with Crippen LogP contribution in [0.1, 0.15) is 23.2 Å². The first-order valence-electron chi connectivity index (χ1n) is 9.05. The van der Waals surface area contributed by atoms with Gasteiger partial charge in [0.25, 0.3) is 5.91 Å². The number of nitrogens with zero attached hydrogens (tertiary/aromatic N) is 2. The minimum atomic E-state index is -0.380. The van der Waals surface area contributed by atoms with Crippen LogP contribution in [0.5, 0.6) is 0 Å². The Balaban J connectivity index is 1.39. The number of likely N-dealkylation sites (tertiary alicyclic amines) is 1. The van der Waals surface area contributed by atoms with Crippen LogP contribution in [0.3, 0.4) is 0 Å². The number of benzene rings is 1. The smallest absolute Gasteiger partial charge is 0.253 e. The van der Waals surface area contributed by atoms with Crippen molar-refractivity contribution < 1.29 is 14.0 Å². The molecule has 2 N–H and O–H groups in total. The van der Waals surface area contributed by atoms with Crippen molar-refractivity contribution in [3.05, 3.63) is 59.4 Å². The second-order valence-electron chi connectivity index (χ2n) is 6.71. The number of hydrogen-bond acceptors (Lipinski definition) is 4. The number of amides is 2. The molecule has 1 aromatic carbocycles. The molecule has 3 heterocycles. The van der Waals surface area contributed by atoms with Gasteiger partial charge in [-0.25, -0.2) is 9.37 Å². The molecule has 2 amide bonds. The SMILES string of the molecule is O=C(Nc1nc(-c2ccc[nH]2)cs1)C1CCCN(C(=O)c2ccc(F)cc2)C1. The molecule has 0 aliphatic carbocycles. The van der Waals surface area contributed by atoms with Crippen molar-refractivity contribution in [1.29, 1.82) is 0 Å². The van der Waals surface area contributed by atoms with Gasteiger partial charge in [0.2, 0.25) is 5.91 Å². The van der Waals surface area contributed by atoms with Gasteiger partial charge < -0.3 is 15.2 Å². The lowest BCUT2D eigenvalue weighted by molar-refractivity contribution is -0.121. The predicted molar refractivity (Wildman–Crippen MR) is 106 cm³/mol. The van der Waals surface area contributed by atoms with Crippen molar-refractivity contribution in [1.82, 2.24) is 14.9 Å². The molecule has 6 nitrogen and oxygen atoms in total. The van der Waals surface area contributed by atoms with Gasteiger partial charge in [-0.3, -0.25) is 9.59 Å². The quantitative estimate of drug-likeness (QED) is 0.702. The first-order valence-corrected chi connectivity index (χ1v) is 9.93. The second-order valence-corrected chi connectivity index (χ2v) is 7.57. The number of hydrogen-bond donors (Lipinski definition) is 2. The number of carbonyl (C=O) groups excluding carboxylic acids is 2. The van der Waals surface area contributed by atoms with E-state index in [4.69, 9.17) is 0 Å². The van der Waals surface area contributed by atoms with E-state index in [2.05, 4.69) is 15.3 Å². The molecule has 144 valence electrons. The second kappa shape index (κ2) is 7.93. The molecule has 3 aromatic rings. The van der Waals surface area contributed by atoms with E-state index in [0.29, 0.717) is 30.2 Å². The summed E-state index contributed by atoms with van der Waals surface area (Å²) in [4.78, 5) is 34.5. The molecule has 1 unspecified atom stereocenters. The van der Waals surface area contributed by atoms with E-state index in [9.17, 15) is 14.0 Å². The van der Waals surface area contributed by atoms with E-state index >= 15 is 0 Å². The van der Waals surface area contributed by atoms with Crippen LogP contribution in [0.25, 0.3) is 11.4 Å². The van der Waals surface area contributed by atoms with E-state index in [-0.39, 0.29) is 23.5 Å². The van der Waals surface area contributed by atoms with E-state index in [1.54, 1.807) is 4.90 Å². The van der Waals surface area contributed by atoms with Gasteiger partial charge in [0, 0.05) is 30.2 Å². The summed E-state index contributed by atoms with van der Waals surface area (Å²) in [6, 6.07) is 9.29. The van der Waals surface area contributed by atoms with Gasteiger partial charge in [-0.2, -0.15) is 0 Å². The number of halogens is 1. The lowest BCUT2D eigenvalue weighted by atomic mass is 9.96. The molecule has 1 aliphatic heterocycles. The molecule has 0 spiro atoms. The summed E-state index contributed by atoms with van der Waals surface area (Å²) < 4.78 is 13.1. The van der Waals surface area contributed by atoms with E-state index in [1.807, 2.05) is 23.7 Å². The molecule has 0 radical (unpaired) electrons. The van der Waals surface area contributed by atoms with Gasteiger partial charge >= 0.3 is 0 Å². The molecule has 4 rings (SSSR count). The zero-order chi connectivity index (χ0) is 19.5. The average molecular weight is 398 g/mol. The molecule has 1 fully saturated rings. The Morgan fingerprint density at radius 2 is 2.07 bits per heavy atom. The van der Waals surface area contributed by atoms with Crippen LogP contribution >= 0.6 is 11.3 Å². The van der Waals surface area contributed by atoms with Crippen molar-refractivity contribution in [3.8, 4) is 11.4 Å². The number of piperidine rings is 1. The highest BCUT2D eigenvalue weighted by Crippen LogP contribution is 2.25. The van der Waals surface area contributed by atoms with Gasteiger partial charge in [-0.15, -0.1) is 11.3 Å². The summed E-state index contributed by atoms with van der Waals surface area (Å²) in [5, 5.41) is 5.29. The zero-order valence-electron chi connectivity index (χ0n) is 15.0. The Labute approximate surface area is 165 Å². The molecular weight excluding hydrogens is 379 g/mol. The summed E-state index contributed by atoms with van der Waals surface area (Å²) in [5.41, 5.74) is 2.10. The van der Waals surface area contributed by atoms with Crippen LogP contribution in [0, 0.1) is 11.7 Å². The number of thiazole rings is 1. The van der Waals surface area contributed by atoms with E-state index in [1.165, 1.54) is 35.6 Å². The number of rotatable bonds is 4. The van der Waals surface area contributed by atoms with Gasteiger partial charge in [0.1, 0.15) is 5.82 Å². The van der Waals surface area contributed by atoms with Gasteiger partial charge in [-0.05, 0) is 49.2 Å². The Morgan fingerprint density at radius 1 is 1.25 bits per heavy atom. The van der Waals surface area contributed by atoms with Gasteiger partial charge in [0.05, 0.1) is 17.3 Å². The first-order chi connectivity index (χ1) is 13.6. The third-order valence-electron chi connectivity index (χ3n) is 4.78. The molecule has 0 bridgehead atoms. The summed E-state index contributed by atoms with van der Waals surface area (Å²) in [7, 11) is 0. The Morgan fingerprint density at radius 3 is 2.82 bits per heavy atom. The maximum absolute atomic E-state index is 13.1. The van der Waals surface area contributed by atoms with Crippen molar-refractivity contribution in [2.75, 3.05) is 18.4 Å². The third kappa shape index (κ3) is 3.96. The maximum Gasteiger partial charge on any atom is 0.253 e. The molecule has 28 heavy (non-hydrogen) atoms. The van der Waals surface area contributed by atoms with Crippen LogP contribution in [0.2, 0.25) is 0 Å². The number of aromatic nitrogens is 2. The fourth-order valence-corrected chi connectivity index (χ4v) is 4.02. The summed E-state index contributed by atoms with van der Waals surface area (Å²) in [6.07, 6.45) is 3.28. The fraction of sp³-hybridized carbons (Fsp3) is 0.250. The highest BCUT2D eigenvalue weighted by molar-refractivity contribution is 7.14. The van der Waals surface area contributed by atoms with Gasteiger partial charge in [-0.1, -0.05) is 0 Å². The Kier molecular flexibility index (Phi) is 5.21. The number of H-pyrrole nitrogens is 1. The third-order valence-corrected chi connectivity index (χ3v) is 5.54. The maximum atomic E-state index is 13.1. The van der Waals surface area contributed by atoms with Crippen LogP contribution < -0.4 is 5.32 Å². The number of aromatic amines is 1. The first kappa shape index (κ1) is 18.4. The lowest BCUT2D eigenvalue weighted by Crippen LogP contribution is -2.43. The molecule has 1 aliphatic rings. The molecule has 1 atom stereocenters.